The zero-order chi connectivity index (χ0) is 24.0. The largest absolute Gasteiger partial charge is 0.434 e. The van der Waals surface area contributed by atoms with Crippen LogP contribution < -0.4 is 0 Å². The fraction of sp³-hybridized carbons (Fsp3) is 0.640. The van der Waals surface area contributed by atoms with E-state index in [9.17, 15) is 19.5 Å². The molecule has 4 aliphatic rings. The van der Waals surface area contributed by atoms with Gasteiger partial charge in [0.2, 0.25) is 5.12 Å². The summed E-state index contributed by atoms with van der Waals surface area (Å²) in [6, 6.07) is 0. The van der Waals surface area contributed by atoms with Crippen molar-refractivity contribution in [2.24, 2.45) is 22.7 Å². The number of carbonyl (C=O) groups excluding carboxylic acids is 3. The van der Waals surface area contributed by atoms with Crippen LogP contribution in [-0.2, 0) is 19.1 Å². The van der Waals surface area contributed by atoms with Crippen LogP contribution in [0.25, 0.3) is 0 Å². The van der Waals surface area contributed by atoms with E-state index in [0.717, 1.165) is 48.6 Å². The average molecular weight is 588 g/mol. The van der Waals surface area contributed by atoms with Gasteiger partial charge < -0.3 is 9.84 Å². The van der Waals surface area contributed by atoms with Gasteiger partial charge in [0.15, 0.2) is 5.78 Å². The molecule has 0 aromatic rings. The van der Waals surface area contributed by atoms with Crippen LogP contribution in [0.1, 0.15) is 58.8 Å². The first-order valence-corrected chi connectivity index (χ1v) is 13.9. The zero-order valence-electron chi connectivity index (χ0n) is 18.9. The first kappa shape index (κ1) is 25.1. The lowest BCUT2D eigenvalue weighted by Gasteiger charge is -2.59. The van der Waals surface area contributed by atoms with Crippen molar-refractivity contribution < 1.29 is 28.6 Å². The molecule has 0 spiro atoms. The van der Waals surface area contributed by atoms with Crippen LogP contribution in [0.4, 0.5) is 4.39 Å². The smallest absolute Gasteiger partial charge is 0.313 e. The Labute approximate surface area is 211 Å². The van der Waals surface area contributed by atoms with Crippen LogP contribution in [-0.4, -0.2) is 37.5 Å². The first-order valence-electron chi connectivity index (χ1n) is 11.4. The van der Waals surface area contributed by atoms with E-state index in [4.69, 9.17) is 4.74 Å². The summed E-state index contributed by atoms with van der Waals surface area (Å²) in [6.07, 6.45) is 8.70. The van der Waals surface area contributed by atoms with E-state index in [0.29, 0.717) is 16.6 Å². The topological polar surface area (TPSA) is 80.7 Å². The standard InChI is InChI=1S/C25H30FIO5S/c1-23-7-8-25(26)18(4-3-16-10-17(28)5-6-24(16,25)2)19(23)9-15(12-23)13-32-21(30)11-20(29)22(31)33-14-27/h5-6,10,13,18-20,29H,3-4,7-9,11-12,14H2,1-2H3/t18-,19-,20?,23+,24-,25+/m0/s1. The van der Waals surface area contributed by atoms with Crippen LogP contribution in [0.15, 0.2) is 35.6 Å². The van der Waals surface area contributed by atoms with Crippen molar-refractivity contribution in [1.29, 1.82) is 0 Å². The van der Waals surface area contributed by atoms with Gasteiger partial charge in [-0.15, -0.1) is 0 Å². The van der Waals surface area contributed by atoms with Crippen LogP contribution in [0.5, 0.6) is 0 Å². The van der Waals surface area contributed by atoms with Crippen LogP contribution in [0, 0.1) is 22.7 Å². The van der Waals surface area contributed by atoms with Gasteiger partial charge in [0.25, 0.3) is 0 Å². The molecular formula is C25H30FIO5S. The molecule has 0 amide bonds. The number of carbonyl (C=O) groups is 3. The summed E-state index contributed by atoms with van der Waals surface area (Å²) in [7, 11) is 0. The van der Waals surface area contributed by atoms with Crippen LogP contribution in [0.3, 0.4) is 0 Å². The van der Waals surface area contributed by atoms with Crippen molar-refractivity contribution in [3.8, 4) is 0 Å². The highest BCUT2D eigenvalue weighted by Gasteiger charge is 2.65. The quantitative estimate of drug-likeness (QED) is 0.206. The summed E-state index contributed by atoms with van der Waals surface area (Å²) < 4.78 is 22.6. The van der Waals surface area contributed by atoms with Gasteiger partial charge >= 0.3 is 5.97 Å². The van der Waals surface area contributed by atoms with Gasteiger partial charge in [0.05, 0.1) is 16.4 Å². The van der Waals surface area contributed by atoms with Gasteiger partial charge in [0, 0.05) is 5.41 Å². The maximum atomic E-state index is 16.8. The number of halogens is 2. The van der Waals surface area contributed by atoms with Gasteiger partial charge in [0.1, 0.15) is 11.8 Å². The lowest BCUT2D eigenvalue weighted by atomic mass is 9.47. The number of allylic oxidation sites excluding steroid dienone is 5. The van der Waals surface area contributed by atoms with Crippen molar-refractivity contribution in [3.63, 3.8) is 0 Å². The minimum atomic E-state index is -1.40. The molecule has 0 heterocycles. The van der Waals surface area contributed by atoms with Gasteiger partial charge in [-0.3, -0.25) is 14.4 Å². The zero-order valence-corrected chi connectivity index (χ0v) is 21.9. The molecule has 0 aliphatic heterocycles. The molecule has 0 bridgehead atoms. The third kappa shape index (κ3) is 4.40. The molecule has 33 heavy (non-hydrogen) atoms. The fourth-order valence-corrected chi connectivity index (χ4v) is 7.96. The van der Waals surface area contributed by atoms with Crippen molar-refractivity contribution in [2.75, 3.05) is 3.76 Å². The first-order chi connectivity index (χ1) is 15.5. The number of hydrogen-bond donors (Lipinski definition) is 1. The normalized spacial score (nSPS) is 39.4. The summed E-state index contributed by atoms with van der Waals surface area (Å²) in [5.41, 5.74) is -0.317. The maximum Gasteiger partial charge on any atom is 0.313 e. The lowest BCUT2D eigenvalue weighted by Crippen LogP contribution is -2.59. The molecule has 0 aromatic heterocycles. The van der Waals surface area contributed by atoms with Crippen molar-refractivity contribution in [1.82, 2.24) is 0 Å². The molecule has 4 aliphatic carbocycles. The van der Waals surface area contributed by atoms with Crippen molar-refractivity contribution in [2.45, 2.75) is 70.6 Å². The maximum absolute atomic E-state index is 16.8. The third-order valence-electron chi connectivity index (χ3n) is 8.48. The van der Waals surface area contributed by atoms with E-state index in [1.54, 1.807) is 12.2 Å². The number of ketones is 1. The Balaban J connectivity index is 1.47. The van der Waals surface area contributed by atoms with Crippen LogP contribution in [0.2, 0.25) is 0 Å². The van der Waals surface area contributed by atoms with E-state index < -0.39 is 28.3 Å². The van der Waals surface area contributed by atoms with E-state index >= 15 is 4.39 Å². The van der Waals surface area contributed by atoms with Crippen LogP contribution >= 0.6 is 34.4 Å². The summed E-state index contributed by atoms with van der Waals surface area (Å²) in [5.74, 6) is -0.688. The SMILES string of the molecule is C[C@]12CC[C@@]3(F)[C@@H](CCC4=CC(=O)C=C[C@@]43C)[C@@H]1CC(=COC(=O)CC(O)C(=O)SCI)C2. The number of aliphatic hydroxyl groups excluding tert-OH is 1. The average Bonchev–Trinajstić information content (AvgIpc) is 3.10. The predicted octanol–water partition coefficient (Wildman–Crippen LogP) is 5.22. The second-order valence-corrected chi connectivity index (χ2v) is 13.1. The molecule has 3 fully saturated rings. The molecule has 3 saturated carbocycles. The summed E-state index contributed by atoms with van der Waals surface area (Å²) in [4.78, 5) is 35.7. The molecule has 1 unspecified atom stereocenters. The minimum Gasteiger partial charge on any atom is -0.434 e. The van der Waals surface area contributed by atoms with Gasteiger partial charge in [-0.2, -0.15) is 0 Å². The van der Waals surface area contributed by atoms with Gasteiger partial charge in [-0.1, -0.05) is 52.9 Å². The Morgan fingerprint density at radius 1 is 1.36 bits per heavy atom. The van der Waals surface area contributed by atoms with E-state index in [-0.39, 0.29) is 29.5 Å². The highest BCUT2D eigenvalue weighted by molar-refractivity contribution is 14.1. The second-order valence-electron chi connectivity index (χ2n) is 10.3. The summed E-state index contributed by atoms with van der Waals surface area (Å²) in [5, 5.41) is 9.41. The van der Waals surface area contributed by atoms with E-state index in [2.05, 4.69) is 6.92 Å². The molecule has 0 saturated heterocycles. The molecule has 6 atom stereocenters. The van der Waals surface area contributed by atoms with E-state index in [1.165, 1.54) is 12.3 Å². The Morgan fingerprint density at radius 3 is 2.85 bits per heavy atom. The number of fused-ring (bicyclic) bond motifs is 5. The highest BCUT2D eigenvalue weighted by Crippen LogP contribution is 2.68. The number of aliphatic hydroxyl groups is 1. The second kappa shape index (κ2) is 9.22. The number of ether oxygens (including phenoxy) is 1. The highest BCUT2D eigenvalue weighted by atomic mass is 127. The molecule has 0 aromatic carbocycles. The van der Waals surface area contributed by atoms with E-state index in [1.807, 2.05) is 29.5 Å². The molecule has 4 rings (SSSR count). The molecule has 180 valence electrons. The Morgan fingerprint density at radius 2 is 2.12 bits per heavy atom. The molecule has 5 nitrogen and oxygen atoms in total. The number of hydrogen-bond acceptors (Lipinski definition) is 6. The number of rotatable bonds is 5. The fourth-order valence-electron chi connectivity index (χ4n) is 6.65. The predicted molar refractivity (Wildman–Crippen MR) is 133 cm³/mol. The lowest BCUT2D eigenvalue weighted by molar-refractivity contribution is -0.142. The van der Waals surface area contributed by atoms with Gasteiger partial charge in [-0.05, 0) is 80.4 Å². The number of esters is 1. The monoisotopic (exact) mass is 588 g/mol. The molecule has 8 heteroatoms. The Bertz CT molecular complexity index is 960. The van der Waals surface area contributed by atoms with Crippen molar-refractivity contribution >= 4 is 51.2 Å². The number of alkyl halides is 2. The molecule has 1 N–H and O–H groups in total. The minimum absolute atomic E-state index is 0.0576. The molecule has 0 radical (unpaired) electrons. The van der Waals surface area contributed by atoms with Gasteiger partial charge in [-0.25, -0.2) is 4.39 Å². The summed E-state index contributed by atoms with van der Waals surface area (Å²) >= 11 is 2.98. The Kier molecular flexibility index (Phi) is 7.02. The number of thioether (sulfide) groups is 1. The van der Waals surface area contributed by atoms with Crippen molar-refractivity contribution in [3.05, 3.63) is 35.6 Å². The Hall–Kier alpha value is -1.00. The summed E-state index contributed by atoms with van der Waals surface area (Å²) in [6.45, 7) is 4.14. The third-order valence-corrected chi connectivity index (χ3v) is 10.1. The molecular weight excluding hydrogens is 558 g/mol.